The lowest BCUT2D eigenvalue weighted by atomic mass is 9.85. The molecule has 1 aromatic carbocycles. The molecule has 6 nitrogen and oxygen atoms in total. The third kappa shape index (κ3) is 3.55. The van der Waals surface area contributed by atoms with Crippen molar-refractivity contribution in [1.82, 2.24) is 19.9 Å². The van der Waals surface area contributed by atoms with E-state index < -0.39 is 5.97 Å². The van der Waals surface area contributed by atoms with Crippen LogP contribution in [-0.4, -0.2) is 43.1 Å². The molecule has 3 atom stereocenters. The van der Waals surface area contributed by atoms with Crippen molar-refractivity contribution in [3.8, 4) is 5.69 Å². The van der Waals surface area contributed by atoms with Crippen LogP contribution in [0.25, 0.3) is 5.69 Å². The quantitative estimate of drug-likeness (QED) is 0.905. The van der Waals surface area contributed by atoms with Crippen molar-refractivity contribution in [1.29, 1.82) is 0 Å². The van der Waals surface area contributed by atoms with Gasteiger partial charge in [-0.2, -0.15) is 15.0 Å². The van der Waals surface area contributed by atoms with E-state index in [0.29, 0.717) is 18.5 Å². The first-order valence-electron chi connectivity index (χ1n) is 8.67. The van der Waals surface area contributed by atoms with E-state index in [9.17, 15) is 9.90 Å². The van der Waals surface area contributed by atoms with Crippen LogP contribution in [0, 0.1) is 5.92 Å². The van der Waals surface area contributed by atoms with Gasteiger partial charge in [-0.05, 0) is 37.3 Å². The Balaban J connectivity index is 0.00000182. The van der Waals surface area contributed by atoms with E-state index in [1.165, 1.54) is 12.8 Å². The summed E-state index contributed by atoms with van der Waals surface area (Å²) in [4.78, 5) is 15.4. The fourth-order valence-electron chi connectivity index (χ4n) is 4.26. The number of carbonyl (C=O) groups is 1. The van der Waals surface area contributed by atoms with Crippen LogP contribution < -0.4 is 0 Å². The van der Waals surface area contributed by atoms with Crippen molar-refractivity contribution in [2.24, 2.45) is 5.92 Å². The number of benzene rings is 1. The van der Waals surface area contributed by atoms with Gasteiger partial charge in [0, 0.05) is 12.6 Å². The van der Waals surface area contributed by atoms with E-state index in [1.807, 2.05) is 30.3 Å². The molecule has 1 saturated heterocycles. The smallest absolute Gasteiger partial charge is 0.320 e. The van der Waals surface area contributed by atoms with Gasteiger partial charge < -0.3 is 5.11 Å². The van der Waals surface area contributed by atoms with Crippen LogP contribution in [-0.2, 0) is 11.3 Å². The monoisotopic (exact) mass is 362 g/mol. The van der Waals surface area contributed by atoms with Crippen molar-refractivity contribution in [3.63, 3.8) is 0 Å². The predicted molar refractivity (Wildman–Crippen MR) is 95.9 cm³/mol. The number of rotatable bonds is 4. The first-order valence-corrected chi connectivity index (χ1v) is 8.67. The Morgan fingerprint density at radius 3 is 2.72 bits per heavy atom. The van der Waals surface area contributed by atoms with Crippen LogP contribution in [0.5, 0.6) is 0 Å². The fraction of sp³-hybridized carbons (Fsp3) is 0.500. The number of likely N-dealkylation sites (tertiary alicyclic amines) is 1. The molecule has 3 unspecified atom stereocenters. The number of carboxylic acid groups (broad SMARTS) is 1. The molecule has 0 bridgehead atoms. The van der Waals surface area contributed by atoms with Gasteiger partial charge in [0.2, 0.25) is 0 Å². The highest BCUT2D eigenvalue weighted by Gasteiger charge is 2.45. The molecule has 0 amide bonds. The first-order chi connectivity index (χ1) is 11.7. The highest BCUT2D eigenvalue weighted by atomic mass is 35.5. The minimum Gasteiger partial charge on any atom is -0.480 e. The van der Waals surface area contributed by atoms with Crippen molar-refractivity contribution < 1.29 is 9.90 Å². The van der Waals surface area contributed by atoms with E-state index in [2.05, 4.69) is 15.1 Å². The zero-order valence-electron chi connectivity index (χ0n) is 14.0. The minimum absolute atomic E-state index is 0. The van der Waals surface area contributed by atoms with Gasteiger partial charge >= 0.3 is 5.97 Å². The standard InChI is InChI=1S/C18H22N4O2.ClH/c23-18(24)17-10-13-6-4-5-9-16(13)21(17)12-14-11-19-22(20-14)15-7-2-1-3-8-15;/h1-3,7-8,11,13,16-17H,4-6,9-10,12H2,(H,23,24);1H. The third-order valence-electron chi connectivity index (χ3n) is 5.38. The number of hydrogen-bond acceptors (Lipinski definition) is 4. The van der Waals surface area contributed by atoms with Gasteiger partial charge in [0.15, 0.2) is 0 Å². The second kappa shape index (κ2) is 7.54. The van der Waals surface area contributed by atoms with Gasteiger partial charge in [0.25, 0.3) is 0 Å². The Morgan fingerprint density at radius 1 is 1.20 bits per heavy atom. The summed E-state index contributed by atoms with van der Waals surface area (Å²) in [6, 6.07) is 9.76. The molecule has 7 heteroatoms. The van der Waals surface area contributed by atoms with Gasteiger partial charge in [-0.25, -0.2) is 0 Å². The third-order valence-corrected chi connectivity index (χ3v) is 5.38. The van der Waals surface area contributed by atoms with E-state index >= 15 is 0 Å². The van der Waals surface area contributed by atoms with Crippen LogP contribution in [0.4, 0.5) is 0 Å². The fourth-order valence-corrected chi connectivity index (χ4v) is 4.26. The lowest BCUT2D eigenvalue weighted by molar-refractivity contribution is -0.142. The van der Waals surface area contributed by atoms with Crippen molar-refractivity contribution >= 4 is 18.4 Å². The number of nitrogens with zero attached hydrogens (tertiary/aromatic N) is 4. The van der Waals surface area contributed by atoms with Gasteiger partial charge in [0.05, 0.1) is 17.6 Å². The second-order valence-corrected chi connectivity index (χ2v) is 6.83. The van der Waals surface area contributed by atoms with Crippen molar-refractivity contribution in [2.45, 2.75) is 50.7 Å². The van der Waals surface area contributed by atoms with Crippen LogP contribution in [0.1, 0.15) is 37.8 Å². The number of para-hydroxylation sites is 1. The molecule has 25 heavy (non-hydrogen) atoms. The Bertz CT molecular complexity index is 721. The van der Waals surface area contributed by atoms with Crippen molar-refractivity contribution in [3.05, 3.63) is 42.2 Å². The van der Waals surface area contributed by atoms with Crippen LogP contribution >= 0.6 is 12.4 Å². The van der Waals surface area contributed by atoms with Crippen LogP contribution in [0.15, 0.2) is 36.5 Å². The molecule has 2 aliphatic rings. The molecule has 1 aliphatic heterocycles. The van der Waals surface area contributed by atoms with E-state index in [0.717, 1.165) is 30.6 Å². The summed E-state index contributed by atoms with van der Waals surface area (Å²) < 4.78 is 0. The zero-order chi connectivity index (χ0) is 16.5. The summed E-state index contributed by atoms with van der Waals surface area (Å²) >= 11 is 0. The number of carboxylic acids is 1. The molecule has 0 spiro atoms. The van der Waals surface area contributed by atoms with Crippen LogP contribution in [0.3, 0.4) is 0 Å². The minimum atomic E-state index is -0.708. The summed E-state index contributed by atoms with van der Waals surface area (Å²) in [5, 5.41) is 18.5. The molecule has 1 aliphatic carbocycles. The molecule has 2 fully saturated rings. The molecule has 1 N–H and O–H groups in total. The number of hydrogen-bond donors (Lipinski definition) is 1. The highest BCUT2D eigenvalue weighted by Crippen LogP contribution is 2.40. The number of fused-ring (bicyclic) bond motifs is 1. The molecule has 0 radical (unpaired) electrons. The number of aromatic nitrogens is 3. The summed E-state index contributed by atoms with van der Waals surface area (Å²) in [5.74, 6) is -0.191. The lowest BCUT2D eigenvalue weighted by Gasteiger charge is -2.32. The summed E-state index contributed by atoms with van der Waals surface area (Å²) in [7, 11) is 0. The summed E-state index contributed by atoms with van der Waals surface area (Å²) in [6.45, 7) is 0.560. The molecule has 134 valence electrons. The van der Waals surface area contributed by atoms with E-state index in [-0.39, 0.29) is 18.4 Å². The topological polar surface area (TPSA) is 71.2 Å². The molecule has 1 aromatic heterocycles. The maximum atomic E-state index is 11.7. The normalized spacial score (nSPS) is 26.0. The zero-order valence-corrected chi connectivity index (χ0v) is 14.8. The molecule has 2 heterocycles. The van der Waals surface area contributed by atoms with Crippen LogP contribution in [0.2, 0.25) is 0 Å². The average molecular weight is 363 g/mol. The van der Waals surface area contributed by atoms with Crippen molar-refractivity contribution in [2.75, 3.05) is 0 Å². The van der Waals surface area contributed by atoms with Gasteiger partial charge in [-0.15, -0.1) is 12.4 Å². The SMILES string of the molecule is Cl.O=C(O)C1CC2CCCCC2N1Cc1cnn(-c2ccccc2)n1. The Morgan fingerprint density at radius 2 is 1.96 bits per heavy atom. The largest absolute Gasteiger partial charge is 0.480 e. The second-order valence-electron chi connectivity index (χ2n) is 6.83. The number of aliphatic carboxylic acids is 1. The molecule has 2 aromatic rings. The van der Waals surface area contributed by atoms with Gasteiger partial charge in [-0.1, -0.05) is 31.0 Å². The first kappa shape index (κ1) is 17.9. The molecule has 4 rings (SSSR count). The number of halogens is 1. The molecular formula is C18H23ClN4O2. The highest BCUT2D eigenvalue weighted by molar-refractivity contribution is 5.85. The van der Waals surface area contributed by atoms with E-state index in [1.54, 1.807) is 11.0 Å². The Labute approximate surface area is 153 Å². The van der Waals surface area contributed by atoms with E-state index in [4.69, 9.17) is 0 Å². The predicted octanol–water partition coefficient (Wildman–Crippen LogP) is 2.91. The summed E-state index contributed by atoms with van der Waals surface area (Å²) in [5.41, 5.74) is 1.74. The Hall–Kier alpha value is -1.92. The summed E-state index contributed by atoms with van der Waals surface area (Å²) in [6.07, 6.45) is 7.20. The Kier molecular flexibility index (Phi) is 5.39. The maximum absolute atomic E-state index is 11.7. The maximum Gasteiger partial charge on any atom is 0.320 e. The van der Waals surface area contributed by atoms with Gasteiger partial charge in [-0.3, -0.25) is 9.69 Å². The average Bonchev–Trinajstić information content (AvgIpc) is 3.21. The lowest BCUT2D eigenvalue weighted by Crippen LogP contribution is -2.41. The van der Waals surface area contributed by atoms with Gasteiger partial charge in [0.1, 0.15) is 6.04 Å². The molecular weight excluding hydrogens is 340 g/mol. The molecule has 1 saturated carbocycles.